The lowest BCUT2D eigenvalue weighted by Gasteiger charge is -2.21. The van der Waals surface area contributed by atoms with Crippen molar-refractivity contribution in [3.63, 3.8) is 0 Å². The van der Waals surface area contributed by atoms with Gasteiger partial charge in [0.25, 0.3) is 0 Å². The average molecular weight is 271 g/mol. The maximum Gasteiger partial charge on any atom is 0.322 e. The zero-order valence-electron chi connectivity index (χ0n) is 10.7. The highest BCUT2D eigenvalue weighted by Gasteiger charge is 2.14. The molecule has 18 heavy (non-hydrogen) atoms. The molecular weight excluding hydrogens is 252 g/mol. The minimum atomic E-state index is 0.166. The van der Waals surface area contributed by atoms with Gasteiger partial charge in [-0.05, 0) is 37.3 Å². The summed E-state index contributed by atoms with van der Waals surface area (Å²) in [6.07, 6.45) is 6.58. The summed E-state index contributed by atoms with van der Waals surface area (Å²) in [5.41, 5.74) is 0. The molecule has 100 valence electrons. The van der Waals surface area contributed by atoms with Gasteiger partial charge in [0.15, 0.2) is 0 Å². The van der Waals surface area contributed by atoms with E-state index in [1.54, 1.807) is 0 Å². The van der Waals surface area contributed by atoms with Crippen LogP contribution in [0.25, 0.3) is 0 Å². The van der Waals surface area contributed by atoms with E-state index in [0.29, 0.717) is 18.5 Å². The van der Waals surface area contributed by atoms with Crippen LogP contribution < -0.4 is 10.1 Å². The van der Waals surface area contributed by atoms with Gasteiger partial charge in [-0.3, -0.25) is 0 Å². The zero-order valence-corrected chi connectivity index (χ0v) is 11.4. The van der Waals surface area contributed by atoms with Crippen molar-refractivity contribution in [1.82, 2.24) is 15.0 Å². The standard InChI is InChI=1S/C12H19ClN4O/c1-2-18-12-16-10(13)15-11(17-12)14-8-9-6-4-3-5-7-9/h9H,2-8H2,1H3,(H,14,15,16,17). The maximum atomic E-state index is 5.83. The number of aromatic nitrogens is 3. The Hall–Kier alpha value is -1.10. The Bertz CT molecular complexity index is 382. The first kappa shape index (κ1) is 13.3. The Kier molecular flexibility index (Phi) is 4.99. The fourth-order valence-corrected chi connectivity index (χ4v) is 2.38. The van der Waals surface area contributed by atoms with Crippen molar-refractivity contribution in [1.29, 1.82) is 0 Å². The molecule has 0 unspecified atom stereocenters. The summed E-state index contributed by atoms with van der Waals surface area (Å²) in [5, 5.41) is 3.39. The SMILES string of the molecule is CCOc1nc(Cl)nc(NCC2CCCCC2)n1. The van der Waals surface area contributed by atoms with Crippen LogP contribution in [0.4, 0.5) is 5.95 Å². The number of halogens is 1. The highest BCUT2D eigenvalue weighted by atomic mass is 35.5. The predicted molar refractivity (Wildman–Crippen MR) is 71.1 cm³/mol. The Morgan fingerprint density at radius 2 is 2.00 bits per heavy atom. The normalized spacial score (nSPS) is 16.6. The van der Waals surface area contributed by atoms with Crippen LogP contribution in [0.2, 0.25) is 5.28 Å². The molecule has 1 fully saturated rings. The van der Waals surface area contributed by atoms with Crippen LogP contribution in [0.1, 0.15) is 39.0 Å². The minimum Gasteiger partial charge on any atom is -0.464 e. The quantitative estimate of drug-likeness (QED) is 0.891. The largest absolute Gasteiger partial charge is 0.464 e. The summed E-state index contributed by atoms with van der Waals surface area (Å²) >= 11 is 5.83. The van der Waals surface area contributed by atoms with E-state index < -0.39 is 0 Å². The molecule has 0 saturated heterocycles. The Morgan fingerprint density at radius 1 is 1.22 bits per heavy atom. The van der Waals surface area contributed by atoms with Gasteiger partial charge in [0.05, 0.1) is 6.61 Å². The van der Waals surface area contributed by atoms with Crippen molar-refractivity contribution >= 4 is 17.5 Å². The smallest absolute Gasteiger partial charge is 0.322 e. The van der Waals surface area contributed by atoms with Gasteiger partial charge in [0.2, 0.25) is 11.2 Å². The molecule has 2 rings (SSSR count). The number of hydrogen-bond acceptors (Lipinski definition) is 5. The first-order valence-corrected chi connectivity index (χ1v) is 6.94. The van der Waals surface area contributed by atoms with Crippen LogP contribution in [0.5, 0.6) is 6.01 Å². The minimum absolute atomic E-state index is 0.166. The molecule has 0 radical (unpaired) electrons. The zero-order chi connectivity index (χ0) is 12.8. The maximum absolute atomic E-state index is 5.83. The predicted octanol–water partition coefficient (Wildman–Crippen LogP) is 2.92. The van der Waals surface area contributed by atoms with E-state index in [4.69, 9.17) is 16.3 Å². The Labute approximate surface area is 112 Å². The van der Waals surface area contributed by atoms with Crippen LogP contribution in [-0.4, -0.2) is 28.1 Å². The molecule has 1 N–H and O–H groups in total. The Balaban J connectivity index is 1.91. The monoisotopic (exact) mass is 270 g/mol. The van der Waals surface area contributed by atoms with E-state index in [9.17, 15) is 0 Å². The number of anilines is 1. The van der Waals surface area contributed by atoms with Crippen molar-refractivity contribution in [3.8, 4) is 6.01 Å². The van der Waals surface area contributed by atoms with Crippen LogP contribution in [0.3, 0.4) is 0 Å². The van der Waals surface area contributed by atoms with Crippen molar-refractivity contribution in [2.75, 3.05) is 18.5 Å². The third-order valence-electron chi connectivity index (χ3n) is 3.13. The van der Waals surface area contributed by atoms with Gasteiger partial charge in [-0.25, -0.2) is 0 Å². The number of nitrogens with zero attached hydrogens (tertiary/aromatic N) is 3. The molecule has 1 aliphatic rings. The van der Waals surface area contributed by atoms with E-state index >= 15 is 0 Å². The summed E-state index contributed by atoms with van der Waals surface area (Å²) in [4.78, 5) is 12.1. The fraction of sp³-hybridized carbons (Fsp3) is 0.750. The summed E-state index contributed by atoms with van der Waals surface area (Å²) in [5.74, 6) is 1.22. The fourth-order valence-electron chi connectivity index (χ4n) is 2.23. The highest BCUT2D eigenvalue weighted by Crippen LogP contribution is 2.23. The molecule has 1 aromatic heterocycles. The average Bonchev–Trinajstić information content (AvgIpc) is 2.37. The lowest BCUT2D eigenvalue weighted by Crippen LogP contribution is -2.18. The molecule has 1 aliphatic carbocycles. The lowest BCUT2D eigenvalue weighted by atomic mass is 9.89. The van der Waals surface area contributed by atoms with E-state index in [-0.39, 0.29) is 11.3 Å². The van der Waals surface area contributed by atoms with Crippen molar-refractivity contribution in [3.05, 3.63) is 5.28 Å². The molecular formula is C12H19ClN4O. The van der Waals surface area contributed by atoms with E-state index in [0.717, 1.165) is 6.54 Å². The molecule has 1 saturated carbocycles. The first-order chi connectivity index (χ1) is 8.78. The highest BCUT2D eigenvalue weighted by molar-refractivity contribution is 6.28. The van der Waals surface area contributed by atoms with Gasteiger partial charge in [-0.2, -0.15) is 15.0 Å². The molecule has 0 aromatic carbocycles. The molecule has 6 heteroatoms. The van der Waals surface area contributed by atoms with E-state index in [1.807, 2.05) is 6.92 Å². The van der Waals surface area contributed by atoms with Crippen LogP contribution in [-0.2, 0) is 0 Å². The molecule has 0 bridgehead atoms. The second-order valence-corrected chi connectivity index (χ2v) is 4.87. The summed E-state index contributed by atoms with van der Waals surface area (Å²) in [6, 6.07) is 0.281. The van der Waals surface area contributed by atoms with E-state index in [2.05, 4.69) is 20.3 Å². The summed E-state index contributed by atoms with van der Waals surface area (Å²) in [6.45, 7) is 3.29. The van der Waals surface area contributed by atoms with Crippen molar-refractivity contribution < 1.29 is 4.74 Å². The first-order valence-electron chi connectivity index (χ1n) is 6.56. The third kappa shape index (κ3) is 3.98. The van der Waals surface area contributed by atoms with Gasteiger partial charge in [-0.15, -0.1) is 0 Å². The third-order valence-corrected chi connectivity index (χ3v) is 3.30. The number of nitrogens with one attached hydrogen (secondary N) is 1. The molecule has 0 atom stereocenters. The molecule has 5 nitrogen and oxygen atoms in total. The Morgan fingerprint density at radius 3 is 2.72 bits per heavy atom. The van der Waals surface area contributed by atoms with Crippen molar-refractivity contribution in [2.24, 2.45) is 5.92 Å². The van der Waals surface area contributed by atoms with Gasteiger partial charge in [0.1, 0.15) is 0 Å². The second-order valence-electron chi connectivity index (χ2n) is 4.53. The van der Waals surface area contributed by atoms with Gasteiger partial charge in [-0.1, -0.05) is 19.3 Å². The molecule has 1 aromatic rings. The van der Waals surface area contributed by atoms with Crippen molar-refractivity contribution in [2.45, 2.75) is 39.0 Å². The van der Waals surface area contributed by atoms with Crippen LogP contribution in [0.15, 0.2) is 0 Å². The topological polar surface area (TPSA) is 59.9 Å². The number of ether oxygens (including phenoxy) is 1. The van der Waals surface area contributed by atoms with E-state index in [1.165, 1.54) is 32.1 Å². The van der Waals surface area contributed by atoms with Crippen LogP contribution in [0, 0.1) is 5.92 Å². The summed E-state index contributed by atoms with van der Waals surface area (Å²) < 4.78 is 5.23. The lowest BCUT2D eigenvalue weighted by molar-refractivity contribution is 0.311. The van der Waals surface area contributed by atoms with Crippen LogP contribution >= 0.6 is 11.6 Å². The van der Waals surface area contributed by atoms with Gasteiger partial charge >= 0.3 is 6.01 Å². The summed E-state index contributed by atoms with van der Waals surface area (Å²) in [7, 11) is 0. The molecule has 1 heterocycles. The van der Waals surface area contributed by atoms with Gasteiger partial charge < -0.3 is 10.1 Å². The second kappa shape index (κ2) is 6.73. The molecule has 0 aliphatic heterocycles. The molecule has 0 amide bonds. The number of rotatable bonds is 5. The number of hydrogen-bond donors (Lipinski definition) is 1. The van der Waals surface area contributed by atoms with Gasteiger partial charge in [0, 0.05) is 6.54 Å². The molecule has 0 spiro atoms.